The SMILES string of the molecule is CCOC(=O)CC(=O)Nc1cc(-c2nc3ccccc3nc2C(F)(F)F)n[nH]1. The van der Waals surface area contributed by atoms with Gasteiger partial charge >= 0.3 is 12.1 Å². The van der Waals surface area contributed by atoms with E-state index in [1.807, 2.05) is 0 Å². The van der Waals surface area contributed by atoms with Crippen LogP contribution in [0, 0.1) is 0 Å². The molecule has 11 heteroatoms. The fraction of sp³-hybridized carbons (Fsp3) is 0.235. The topological polar surface area (TPSA) is 110 Å². The number of amides is 1. The number of aromatic nitrogens is 4. The number of nitrogens with zero attached hydrogens (tertiary/aromatic N) is 3. The molecule has 2 aromatic heterocycles. The molecule has 8 nitrogen and oxygen atoms in total. The molecule has 0 aliphatic rings. The van der Waals surface area contributed by atoms with Gasteiger partial charge in [0.1, 0.15) is 23.6 Å². The molecule has 0 radical (unpaired) electrons. The number of fused-ring (bicyclic) bond motifs is 1. The van der Waals surface area contributed by atoms with Crippen LogP contribution in [0.5, 0.6) is 0 Å². The van der Waals surface area contributed by atoms with Gasteiger partial charge in [0.05, 0.1) is 17.6 Å². The van der Waals surface area contributed by atoms with Gasteiger partial charge in [-0.05, 0) is 19.1 Å². The Morgan fingerprint density at radius 2 is 1.86 bits per heavy atom. The average Bonchev–Trinajstić information content (AvgIpc) is 3.08. The lowest BCUT2D eigenvalue weighted by molar-refractivity contribution is -0.145. The number of anilines is 1. The third-order valence-corrected chi connectivity index (χ3v) is 3.54. The monoisotopic (exact) mass is 393 g/mol. The van der Waals surface area contributed by atoms with Crippen molar-refractivity contribution >= 4 is 28.7 Å². The lowest BCUT2D eigenvalue weighted by Gasteiger charge is -2.10. The Bertz CT molecular complexity index is 1030. The Hall–Kier alpha value is -3.50. The molecule has 2 N–H and O–H groups in total. The molecule has 0 bridgehead atoms. The molecule has 0 fully saturated rings. The van der Waals surface area contributed by atoms with Gasteiger partial charge in [-0.15, -0.1) is 0 Å². The summed E-state index contributed by atoms with van der Waals surface area (Å²) >= 11 is 0. The number of carbonyl (C=O) groups is 2. The second-order valence-electron chi connectivity index (χ2n) is 5.60. The lowest BCUT2D eigenvalue weighted by atomic mass is 10.2. The first kappa shape index (κ1) is 19.3. The van der Waals surface area contributed by atoms with Crippen LogP contribution in [-0.4, -0.2) is 38.6 Å². The van der Waals surface area contributed by atoms with Crippen molar-refractivity contribution in [1.29, 1.82) is 0 Å². The van der Waals surface area contributed by atoms with Crippen molar-refractivity contribution in [2.75, 3.05) is 11.9 Å². The molecule has 3 rings (SSSR count). The van der Waals surface area contributed by atoms with Gasteiger partial charge in [0, 0.05) is 6.07 Å². The Labute approximate surface area is 156 Å². The smallest absolute Gasteiger partial charge is 0.435 e. The minimum atomic E-state index is -4.75. The van der Waals surface area contributed by atoms with Crippen molar-refractivity contribution in [3.05, 3.63) is 36.0 Å². The maximum Gasteiger partial charge on any atom is 0.435 e. The Morgan fingerprint density at radius 1 is 1.18 bits per heavy atom. The maximum absolute atomic E-state index is 13.4. The second kappa shape index (κ2) is 7.62. The standard InChI is InChI=1S/C17H14F3N5O3/c1-2-28-14(27)8-13(26)23-12-7-11(24-25-12)15-16(17(18,19)20)22-10-6-4-3-5-9(10)21-15/h3-7H,2,8H2,1H3,(H2,23,24,25,26). The van der Waals surface area contributed by atoms with E-state index in [0.717, 1.165) is 0 Å². The van der Waals surface area contributed by atoms with E-state index < -0.39 is 35.9 Å². The molecule has 0 unspecified atom stereocenters. The molecule has 0 aliphatic heterocycles. The van der Waals surface area contributed by atoms with E-state index in [-0.39, 0.29) is 29.2 Å². The van der Waals surface area contributed by atoms with Gasteiger partial charge in [-0.25, -0.2) is 9.97 Å². The predicted octanol–water partition coefficient (Wildman–Crippen LogP) is 2.93. The molecule has 0 atom stereocenters. The van der Waals surface area contributed by atoms with Crippen molar-refractivity contribution < 1.29 is 27.5 Å². The quantitative estimate of drug-likeness (QED) is 0.510. The van der Waals surface area contributed by atoms with Crippen molar-refractivity contribution in [2.45, 2.75) is 19.5 Å². The molecular weight excluding hydrogens is 379 g/mol. The fourth-order valence-electron chi connectivity index (χ4n) is 2.42. The highest BCUT2D eigenvalue weighted by Crippen LogP contribution is 2.35. The molecule has 3 aromatic rings. The molecule has 1 amide bonds. The first-order chi connectivity index (χ1) is 13.3. The summed E-state index contributed by atoms with van der Waals surface area (Å²) in [5.41, 5.74) is -1.47. The number of esters is 1. The maximum atomic E-state index is 13.4. The predicted molar refractivity (Wildman–Crippen MR) is 92.0 cm³/mol. The van der Waals surface area contributed by atoms with Crippen LogP contribution in [0.25, 0.3) is 22.4 Å². The van der Waals surface area contributed by atoms with Gasteiger partial charge in [0.25, 0.3) is 0 Å². The van der Waals surface area contributed by atoms with Crippen LogP contribution in [0.15, 0.2) is 30.3 Å². The third-order valence-electron chi connectivity index (χ3n) is 3.54. The van der Waals surface area contributed by atoms with Gasteiger partial charge in [-0.2, -0.15) is 18.3 Å². The molecule has 0 saturated heterocycles. The van der Waals surface area contributed by atoms with Crippen molar-refractivity contribution in [1.82, 2.24) is 20.2 Å². The number of carbonyl (C=O) groups excluding carboxylic acids is 2. The highest BCUT2D eigenvalue weighted by Gasteiger charge is 2.37. The summed E-state index contributed by atoms with van der Waals surface area (Å²) < 4.78 is 44.9. The van der Waals surface area contributed by atoms with Crippen molar-refractivity contribution in [3.63, 3.8) is 0 Å². The molecule has 1 aromatic carbocycles. The number of nitrogens with one attached hydrogen (secondary N) is 2. The van der Waals surface area contributed by atoms with E-state index >= 15 is 0 Å². The average molecular weight is 393 g/mol. The van der Waals surface area contributed by atoms with Crippen LogP contribution in [0.2, 0.25) is 0 Å². The fourth-order valence-corrected chi connectivity index (χ4v) is 2.42. The summed E-state index contributed by atoms with van der Waals surface area (Å²) in [6, 6.07) is 7.31. The first-order valence-corrected chi connectivity index (χ1v) is 8.13. The van der Waals surface area contributed by atoms with Gasteiger partial charge in [-0.1, -0.05) is 12.1 Å². The van der Waals surface area contributed by atoms with Crippen LogP contribution >= 0.6 is 0 Å². The summed E-state index contributed by atoms with van der Waals surface area (Å²) in [5, 5.41) is 8.50. The summed E-state index contributed by atoms with van der Waals surface area (Å²) in [4.78, 5) is 30.8. The molecule has 0 spiro atoms. The van der Waals surface area contributed by atoms with Crippen molar-refractivity contribution in [3.8, 4) is 11.4 Å². The van der Waals surface area contributed by atoms with E-state index in [4.69, 9.17) is 0 Å². The third kappa shape index (κ3) is 4.24. The molecule has 2 heterocycles. The van der Waals surface area contributed by atoms with Gasteiger partial charge < -0.3 is 10.1 Å². The zero-order valence-electron chi connectivity index (χ0n) is 14.5. The molecular formula is C17H14F3N5O3. The van der Waals surface area contributed by atoms with Crippen LogP contribution in [-0.2, 0) is 20.5 Å². The van der Waals surface area contributed by atoms with E-state index in [2.05, 4.69) is 30.2 Å². The zero-order chi connectivity index (χ0) is 20.3. The Morgan fingerprint density at radius 3 is 2.50 bits per heavy atom. The summed E-state index contributed by atoms with van der Waals surface area (Å²) in [6.07, 6.45) is -5.29. The van der Waals surface area contributed by atoms with E-state index in [0.29, 0.717) is 0 Å². The summed E-state index contributed by atoms with van der Waals surface area (Å²) in [7, 11) is 0. The van der Waals surface area contributed by atoms with Crippen LogP contribution in [0.1, 0.15) is 19.0 Å². The molecule has 146 valence electrons. The highest BCUT2D eigenvalue weighted by atomic mass is 19.4. The number of hydrogen-bond donors (Lipinski definition) is 2. The number of benzene rings is 1. The zero-order valence-corrected chi connectivity index (χ0v) is 14.5. The number of halogens is 3. The first-order valence-electron chi connectivity index (χ1n) is 8.13. The Balaban J connectivity index is 1.91. The lowest BCUT2D eigenvalue weighted by Crippen LogP contribution is -2.18. The van der Waals surface area contributed by atoms with Gasteiger partial charge in [-0.3, -0.25) is 14.7 Å². The number of ether oxygens (including phenoxy) is 1. The molecule has 0 saturated carbocycles. The minimum Gasteiger partial charge on any atom is -0.466 e. The number of H-pyrrole nitrogens is 1. The highest BCUT2D eigenvalue weighted by molar-refractivity contribution is 6.01. The van der Waals surface area contributed by atoms with Crippen LogP contribution < -0.4 is 5.32 Å². The Kier molecular flexibility index (Phi) is 5.25. The second-order valence-corrected chi connectivity index (χ2v) is 5.60. The largest absolute Gasteiger partial charge is 0.466 e. The van der Waals surface area contributed by atoms with Crippen molar-refractivity contribution in [2.24, 2.45) is 0 Å². The van der Waals surface area contributed by atoms with E-state index in [9.17, 15) is 22.8 Å². The number of para-hydroxylation sites is 2. The van der Waals surface area contributed by atoms with Crippen LogP contribution in [0.3, 0.4) is 0 Å². The number of alkyl halides is 3. The molecule has 0 aliphatic carbocycles. The minimum absolute atomic E-state index is 0.00683. The van der Waals surface area contributed by atoms with Gasteiger partial charge in [0.15, 0.2) is 5.69 Å². The summed E-state index contributed by atoms with van der Waals surface area (Å²) in [6.45, 7) is 1.72. The van der Waals surface area contributed by atoms with E-state index in [1.54, 1.807) is 19.1 Å². The van der Waals surface area contributed by atoms with Crippen LogP contribution in [0.4, 0.5) is 19.0 Å². The molecule has 28 heavy (non-hydrogen) atoms. The number of hydrogen-bond acceptors (Lipinski definition) is 6. The normalized spacial score (nSPS) is 11.4. The van der Waals surface area contributed by atoms with Gasteiger partial charge in [0.2, 0.25) is 5.91 Å². The number of aromatic amines is 1. The van der Waals surface area contributed by atoms with E-state index in [1.165, 1.54) is 18.2 Å². The summed E-state index contributed by atoms with van der Waals surface area (Å²) in [5.74, 6) is -1.42. The number of rotatable bonds is 5.